The molecule has 1 aromatic rings. The molecule has 14 heavy (non-hydrogen) atoms. The number of carboxylic acids is 1. The van der Waals surface area contributed by atoms with Crippen molar-refractivity contribution >= 4 is 5.97 Å². The van der Waals surface area contributed by atoms with E-state index in [9.17, 15) is 4.79 Å². The van der Waals surface area contributed by atoms with Crippen LogP contribution in [0.5, 0.6) is 0 Å². The van der Waals surface area contributed by atoms with Gasteiger partial charge in [-0.3, -0.25) is 4.98 Å². The molecular weight excluding hydrogens is 180 g/mol. The highest BCUT2D eigenvalue weighted by molar-refractivity contribution is 5.79. The van der Waals surface area contributed by atoms with Gasteiger partial charge in [-0.1, -0.05) is 12.1 Å². The van der Waals surface area contributed by atoms with Gasteiger partial charge < -0.3 is 10.4 Å². The van der Waals surface area contributed by atoms with E-state index in [0.29, 0.717) is 13.1 Å². The molecule has 0 aliphatic heterocycles. The first-order chi connectivity index (χ1) is 6.79. The molecule has 0 saturated heterocycles. The topological polar surface area (TPSA) is 62.2 Å². The van der Waals surface area contributed by atoms with Crippen molar-refractivity contribution in [2.75, 3.05) is 6.54 Å². The van der Waals surface area contributed by atoms with Crippen molar-refractivity contribution in [2.45, 2.75) is 6.54 Å². The third kappa shape index (κ3) is 4.37. The molecule has 0 fully saturated rings. The van der Waals surface area contributed by atoms with Crippen molar-refractivity contribution < 1.29 is 9.90 Å². The predicted molar refractivity (Wildman–Crippen MR) is 52.7 cm³/mol. The second-order valence-corrected chi connectivity index (χ2v) is 2.69. The summed E-state index contributed by atoms with van der Waals surface area (Å²) in [6.45, 7) is 1.17. The zero-order valence-corrected chi connectivity index (χ0v) is 7.68. The first kappa shape index (κ1) is 10.4. The van der Waals surface area contributed by atoms with Crippen molar-refractivity contribution in [3.8, 4) is 0 Å². The van der Waals surface area contributed by atoms with Crippen molar-refractivity contribution in [2.24, 2.45) is 0 Å². The van der Waals surface area contributed by atoms with Gasteiger partial charge in [-0.2, -0.15) is 0 Å². The zero-order chi connectivity index (χ0) is 10.2. The van der Waals surface area contributed by atoms with E-state index in [1.165, 1.54) is 0 Å². The lowest BCUT2D eigenvalue weighted by atomic mass is 10.3. The molecule has 74 valence electrons. The lowest BCUT2D eigenvalue weighted by Crippen LogP contribution is -2.13. The normalized spacial score (nSPS) is 10.6. The molecular formula is C10H12N2O2. The van der Waals surface area contributed by atoms with E-state index < -0.39 is 5.97 Å². The molecule has 0 unspecified atom stereocenters. The van der Waals surface area contributed by atoms with Gasteiger partial charge in [0, 0.05) is 25.4 Å². The van der Waals surface area contributed by atoms with Crippen LogP contribution in [0.2, 0.25) is 0 Å². The maximum Gasteiger partial charge on any atom is 0.328 e. The summed E-state index contributed by atoms with van der Waals surface area (Å²) < 4.78 is 0. The standard InChI is InChI=1S/C10H12N2O2/c13-10(14)5-3-6-11-8-9-4-1-2-7-12-9/h1-5,7,11H,6,8H2,(H,13,14)/b5-3+. The fourth-order valence-corrected chi connectivity index (χ4v) is 0.946. The van der Waals surface area contributed by atoms with Crippen molar-refractivity contribution in [3.05, 3.63) is 42.2 Å². The predicted octanol–water partition coefficient (Wildman–Crippen LogP) is 0.812. The fourth-order valence-electron chi connectivity index (χ4n) is 0.946. The minimum Gasteiger partial charge on any atom is -0.478 e. The van der Waals surface area contributed by atoms with Crippen molar-refractivity contribution in [1.82, 2.24) is 10.3 Å². The van der Waals surface area contributed by atoms with Crippen molar-refractivity contribution in [3.63, 3.8) is 0 Å². The molecule has 4 nitrogen and oxygen atoms in total. The highest BCUT2D eigenvalue weighted by atomic mass is 16.4. The largest absolute Gasteiger partial charge is 0.478 e. The van der Waals surface area contributed by atoms with Crippen LogP contribution in [0.15, 0.2) is 36.5 Å². The smallest absolute Gasteiger partial charge is 0.328 e. The molecule has 0 atom stereocenters. The Bertz CT molecular complexity index is 309. The van der Waals surface area contributed by atoms with Crippen LogP contribution in [0, 0.1) is 0 Å². The molecule has 1 heterocycles. The van der Waals surface area contributed by atoms with Crippen LogP contribution in [0.3, 0.4) is 0 Å². The Morgan fingerprint density at radius 3 is 3.07 bits per heavy atom. The van der Waals surface area contributed by atoms with Crippen LogP contribution in [-0.2, 0) is 11.3 Å². The van der Waals surface area contributed by atoms with Gasteiger partial charge in [0.2, 0.25) is 0 Å². The summed E-state index contributed by atoms with van der Waals surface area (Å²) in [4.78, 5) is 14.2. The van der Waals surface area contributed by atoms with E-state index >= 15 is 0 Å². The molecule has 0 bridgehead atoms. The van der Waals surface area contributed by atoms with Gasteiger partial charge >= 0.3 is 5.97 Å². The third-order valence-corrected chi connectivity index (χ3v) is 1.55. The maximum atomic E-state index is 10.1. The Kier molecular flexibility index (Phi) is 4.37. The Morgan fingerprint density at radius 2 is 2.43 bits per heavy atom. The summed E-state index contributed by atoms with van der Waals surface area (Å²) in [5, 5.41) is 11.3. The molecule has 0 spiro atoms. The summed E-state index contributed by atoms with van der Waals surface area (Å²) in [6, 6.07) is 5.68. The maximum absolute atomic E-state index is 10.1. The summed E-state index contributed by atoms with van der Waals surface area (Å²) in [5.74, 6) is -0.926. The highest BCUT2D eigenvalue weighted by Gasteiger charge is 1.90. The number of carbonyl (C=O) groups is 1. The summed E-state index contributed by atoms with van der Waals surface area (Å²) in [7, 11) is 0. The first-order valence-corrected chi connectivity index (χ1v) is 4.29. The Labute approximate surface area is 82.3 Å². The number of nitrogens with zero attached hydrogens (tertiary/aromatic N) is 1. The van der Waals surface area contributed by atoms with Gasteiger partial charge in [-0.25, -0.2) is 4.79 Å². The Morgan fingerprint density at radius 1 is 1.57 bits per heavy atom. The average molecular weight is 192 g/mol. The SMILES string of the molecule is O=C(O)/C=C/CNCc1ccccn1. The number of hydrogen-bond acceptors (Lipinski definition) is 3. The minimum atomic E-state index is -0.926. The molecule has 0 aromatic carbocycles. The van der Waals surface area contributed by atoms with Gasteiger partial charge in [-0.05, 0) is 12.1 Å². The monoisotopic (exact) mass is 192 g/mol. The summed E-state index contributed by atoms with van der Waals surface area (Å²) in [6.07, 6.45) is 4.40. The van der Waals surface area contributed by atoms with Gasteiger partial charge in [0.25, 0.3) is 0 Å². The van der Waals surface area contributed by atoms with E-state index in [2.05, 4.69) is 10.3 Å². The van der Waals surface area contributed by atoms with E-state index in [-0.39, 0.29) is 0 Å². The van der Waals surface area contributed by atoms with Gasteiger partial charge in [0.1, 0.15) is 0 Å². The van der Waals surface area contributed by atoms with E-state index in [0.717, 1.165) is 11.8 Å². The van der Waals surface area contributed by atoms with E-state index in [4.69, 9.17) is 5.11 Å². The second kappa shape index (κ2) is 5.88. The molecule has 2 N–H and O–H groups in total. The quantitative estimate of drug-likeness (QED) is 0.535. The highest BCUT2D eigenvalue weighted by Crippen LogP contribution is 1.91. The van der Waals surface area contributed by atoms with Gasteiger partial charge in [0.15, 0.2) is 0 Å². The number of nitrogens with one attached hydrogen (secondary N) is 1. The van der Waals surface area contributed by atoms with Gasteiger partial charge in [0.05, 0.1) is 5.69 Å². The lowest BCUT2D eigenvalue weighted by molar-refractivity contribution is -0.131. The van der Waals surface area contributed by atoms with E-state index in [1.807, 2.05) is 18.2 Å². The van der Waals surface area contributed by atoms with Crippen LogP contribution in [-0.4, -0.2) is 22.6 Å². The Hall–Kier alpha value is -1.68. The molecule has 0 aliphatic carbocycles. The zero-order valence-electron chi connectivity index (χ0n) is 7.68. The Balaban J connectivity index is 2.19. The van der Waals surface area contributed by atoms with Crippen LogP contribution >= 0.6 is 0 Å². The third-order valence-electron chi connectivity index (χ3n) is 1.55. The molecule has 1 aromatic heterocycles. The molecule has 0 saturated carbocycles. The minimum absolute atomic E-state index is 0.531. The summed E-state index contributed by atoms with van der Waals surface area (Å²) in [5.41, 5.74) is 0.941. The lowest BCUT2D eigenvalue weighted by Gasteiger charge is -1.99. The average Bonchev–Trinajstić information content (AvgIpc) is 2.18. The van der Waals surface area contributed by atoms with E-state index in [1.54, 1.807) is 12.3 Å². The molecule has 0 amide bonds. The van der Waals surface area contributed by atoms with Crippen LogP contribution < -0.4 is 5.32 Å². The number of aliphatic carboxylic acids is 1. The number of aromatic nitrogens is 1. The number of rotatable bonds is 5. The molecule has 0 radical (unpaired) electrons. The van der Waals surface area contributed by atoms with Gasteiger partial charge in [-0.15, -0.1) is 0 Å². The number of carboxylic acid groups (broad SMARTS) is 1. The molecule has 0 aliphatic rings. The van der Waals surface area contributed by atoms with Crippen LogP contribution in [0.25, 0.3) is 0 Å². The summed E-state index contributed by atoms with van der Waals surface area (Å²) >= 11 is 0. The van der Waals surface area contributed by atoms with Crippen molar-refractivity contribution in [1.29, 1.82) is 0 Å². The number of pyridine rings is 1. The molecule has 4 heteroatoms. The molecule has 1 rings (SSSR count). The second-order valence-electron chi connectivity index (χ2n) is 2.69. The fraction of sp³-hybridized carbons (Fsp3) is 0.200. The van der Waals surface area contributed by atoms with Crippen LogP contribution in [0.1, 0.15) is 5.69 Å². The number of hydrogen-bond donors (Lipinski definition) is 2. The first-order valence-electron chi connectivity index (χ1n) is 4.29. The van der Waals surface area contributed by atoms with Crippen LogP contribution in [0.4, 0.5) is 0 Å².